The van der Waals surface area contributed by atoms with Gasteiger partial charge in [-0.1, -0.05) is 0 Å². The van der Waals surface area contributed by atoms with Crippen LogP contribution >= 0.6 is 11.3 Å². The van der Waals surface area contributed by atoms with Gasteiger partial charge in [0.05, 0.1) is 18.7 Å². The van der Waals surface area contributed by atoms with E-state index < -0.39 is 0 Å². The van der Waals surface area contributed by atoms with Crippen LogP contribution in [0.25, 0.3) is 0 Å². The second kappa shape index (κ2) is 6.47. The SMILES string of the molecule is Cc1nc(NC(=O)CCOc2ccc(F)cc2)sc1C. The van der Waals surface area contributed by atoms with Gasteiger partial charge in [-0.25, -0.2) is 9.37 Å². The molecule has 0 fully saturated rings. The van der Waals surface area contributed by atoms with Gasteiger partial charge in [-0.3, -0.25) is 4.79 Å². The molecule has 2 aromatic rings. The van der Waals surface area contributed by atoms with Gasteiger partial charge in [-0.2, -0.15) is 0 Å². The van der Waals surface area contributed by atoms with Crippen LogP contribution in [0, 0.1) is 19.7 Å². The number of rotatable bonds is 5. The van der Waals surface area contributed by atoms with E-state index in [0.29, 0.717) is 10.9 Å². The Hall–Kier alpha value is -1.95. The molecule has 0 atom stereocenters. The Morgan fingerprint density at radius 1 is 1.35 bits per heavy atom. The maximum Gasteiger partial charge on any atom is 0.229 e. The van der Waals surface area contributed by atoms with Gasteiger partial charge < -0.3 is 10.1 Å². The number of halogens is 1. The van der Waals surface area contributed by atoms with Crippen LogP contribution in [0.4, 0.5) is 9.52 Å². The Morgan fingerprint density at radius 2 is 2.05 bits per heavy atom. The zero-order chi connectivity index (χ0) is 14.5. The van der Waals surface area contributed by atoms with Crippen molar-refractivity contribution >= 4 is 22.4 Å². The highest BCUT2D eigenvalue weighted by Crippen LogP contribution is 2.21. The summed E-state index contributed by atoms with van der Waals surface area (Å²) in [5, 5.41) is 3.33. The fraction of sp³-hybridized carbons (Fsp3) is 0.286. The maximum absolute atomic E-state index is 12.7. The lowest BCUT2D eigenvalue weighted by Gasteiger charge is -2.05. The molecule has 1 heterocycles. The number of anilines is 1. The minimum absolute atomic E-state index is 0.152. The zero-order valence-corrected chi connectivity index (χ0v) is 12.1. The molecule has 20 heavy (non-hydrogen) atoms. The Labute approximate surface area is 120 Å². The molecule has 0 radical (unpaired) electrons. The molecule has 4 nitrogen and oxygen atoms in total. The first-order chi connectivity index (χ1) is 9.54. The summed E-state index contributed by atoms with van der Waals surface area (Å²) in [6, 6.07) is 5.69. The number of benzene rings is 1. The van der Waals surface area contributed by atoms with E-state index in [2.05, 4.69) is 10.3 Å². The number of aromatic nitrogens is 1. The highest BCUT2D eigenvalue weighted by Gasteiger charge is 2.08. The maximum atomic E-state index is 12.7. The summed E-state index contributed by atoms with van der Waals surface area (Å²) in [5.41, 5.74) is 0.924. The van der Waals surface area contributed by atoms with Gasteiger partial charge in [0.1, 0.15) is 11.6 Å². The number of nitrogens with zero attached hydrogens (tertiary/aromatic N) is 1. The van der Waals surface area contributed by atoms with E-state index in [1.807, 2.05) is 13.8 Å². The third kappa shape index (κ3) is 4.03. The largest absolute Gasteiger partial charge is 0.493 e. The number of amides is 1. The molecular formula is C14H15FN2O2S. The fourth-order valence-electron chi connectivity index (χ4n) is 1.50. The lowest BCUT2D eigenvalue weighted by molar-refractivity contribution is -0.116. The predicted molar refractivity (Wildman–Crippen MR) is 76.7 cm³/mol. The van der Waals surface area contributed by atoms with Crippen molar-refractivity contribution < 1.29 is 13.9 Å². The van der Waals surface area contributed by atoms with Crippen LogP contribution in [0.3, 0.4) is 0 Å². The van der Waals surface area contributed by atoms with E-state index >= 15 is 0 Å². The number of hydrogen-bond acceptors (Lipinski definition) is 4. The number of thiazole rings is 1. The quantitative estimate of drug-likeness (QED) is 0.920. The molecule has 0 bridgehead atoms. The Morgan fingerprint density at radius 3 is 2.65 bits per heavy atom. The van der Waals surface area contributed by atoms with Crippen molar-refractivity contribution in [3.05, 3.63) is 40.7 Å². The van der Waals surface area contributed by atoms with Crippen LogP contribution in [0.15, 0.2) is 24.3 Å². The summed E-state index contributed by atoms with van der Waals surface area (Å²) in [4.78, 5) is 17.0. The molecule has 0 saturated carbocycles. The lowest BCUT2D eigenvalue weighted by Crippen LogP contribution is -2.15. The van der Waals surface area contributed by atoms with Gasteiger partial charge >= 0.3 is 0 Å². The van der Waals surface area contributed by atoms with Crippen LogP contribution in [0.2, 0.25) is 0 Å². The van der Waals surface area contributed by atoms with Crippen molar-refractivity contribution in [3.8, 4) is 5.75 Å². The molecule has 0 spiro atoms. The van der Waals surface area contributed by atoms with E-state index in [0.717, 1.165) is 10.6 Å². The second-order valence-electron chi connectivity index (χ2n) is 4.26. The molecular weight excluding hydrogens is 279 g/mol. The van der Waals surface area contributed by atoms with E-state index in [-0.39, 0.29) is 24.8 Å². The minimum Gasteiger partial charge on any atom is -0.493 e. The molecule has 0 aliphatic rings. The fourth-order valence-corrected chi connectivity index (χ4v) is 2.33. The van der Waals surface area contributed by atoms with Gasteiger partial charge in [0.25, 0.3) is 0 Å². The summed E-state index contributed by atoms with van der Waals surface area (Å²) < 4.78 is 18.0. The number of carbonyl (C=O) groups excluding carboxylic acids is 1. The van der Waals surface area contributed by atoms with Crippen molar-refractivity contribution in [2.75, 3.05) is 11.9 Å². The monoisotopic (exact) mass is 294 g/mol. The van der Waals surface area contributed by atoms with Gasteiger partial charge in [0, 0.05) is 4.88 Å². The molecule has 0 unspecified atom stereocenters. The average molecular weight is 294 g/mol. The Bertz CT molecular complexity index is 576. The smallest absolute Gasteiger partial charge is 0.229 e. The van der Waals surface area contributed by atoms with Crippen molar-refractivity contribution in [1.29, 1.82) is 0 Å². The second-order valence-corrected chi connectivity index (χ2v) is 5.46. The first-order valence-corrected chi connectivity index (χ1v) is 6.98. The first-order valence-electron chi connectivity index (χ1n) is 6.17. The molecule has 1 aromatic heterocycles. The molecule has 0 saturated heterocycles. The molecule has 1 amide bonds. The summed E-state index contributed by atoms with van der Waals surface area (Å²) in [5.74, 6) is 0.0746. The van der Waals surface area contributed by atoms with Crippen LogP contribution in [0.5, 0.6) is 5.75 Å². The van der Waals surface area contributed by atoms with Crippen LogP contribution in [0.1, 0.15) is 17.0 Å². The van der Waals surface area contributed by atoms with E-state index in [1.165, 1.54) is 35.6 Å². The molecule has 1 N–H and O–H groups in total. The third-order valence-corrected chi connectivity index (χ3v) is 3.67. The van der Waals surface area contributed by atoms with E-state index in [9.17, 15) is 9.18 Å². The van der Waals surface area contributed by atoms with Crippen molar-refractivity contribution in [2.45, 2.75) is 20.3 Å². The number of ether oxygens (including phenoxy) is 1. The molecule has 2 rings (SSSR count). The topological polar surface area (TPSA) is 51.2 Å². The molecule has 106 valence electrons. The van der Waals surface area contributed by atoms with Crippen molar-refractivity contribution in [2.24, 2.45) is 0 Å². The lowest BCUT2D eigenvalue weighted by atomic mass is 10.3. The zero-order valence-electron chi connectivity index (χ0n) is 11.3. The number of nitrogens with one attached hydrogen (secondary N) is 1. The number of carbonyl (C=O) groups is 1. The van der Waals surface area contributed by atoms with E-state index in [1.54, 1.807) is 0 Å². The molecule has 6 heteroatoms. The highest BCUT2D eigenvalue weighted by molar-refractivity contribution is 7.15. The van der Waals surface area contributed by atoms with Crippen molar-refractivity contribution in [1.82, 2.24) is 4.98 Å². The average Bonchev–Trinajstić information content (AvgIpc) is 2.70. The minimum atomic E-state index is -0.315. The van der Waals surface area contributed by atoms with Gasteiger partial charge in [0.2, 0.25) is 5.91 Å². The van der Waals surface area contributed by atoms with Crippen molar-refractivity contribution in [3.63, 3.8) is 0 Å². The van der Waals surface area contributed by atoms with Crippen LogP contribution in [-0.4, -0.2) is 17.5 Å². The summed E-state index contributed by atoms with van der Waals surface area (Å²) in [7, 11) is 0. The highest BCUT2D eigenvalue weighted by atomic mass is 32.1. The van der Waals surface area contributed by atoms with Crippen LogP contribution in [-0.2, 0) is 4.79 Å². The predicted octanol–water partition coefficient (Wildman–Crippen LogP) is 3.31. The molecule has 0 aliphatic heterocycles. The normalized spacial score (nSPS) is 10.3. The summed E-state index contributed by atoms with van der Waals surface area (Å²) in [6.07, 6.45) is 0.217. The van der Waals surface area contributed by atoms with Gasteiger partial charge in [0.15, 0.2) is 5.13 Å². The summed E-state index contributed by atoms with van der Waals surface area (Å²) in [6.45, 7) is 4.10. The Balaban J connectivity index is 1.76. The number of aryl methyl sites for hydroxylation is 2. The molecule has 1 aromatic carbocycles. The first kappa shape index (κ1) is 14.5. The molecule has 0 aliphatic carbocycles. The number of hydrogen-bond donors (Lipinski definition) is 1. The van der Waals surface area contributed by atoms with E-state index in [4.69, 9.17) is 4.74 Å². The van der Waals surface area contributed by atoms with Gasteiger partial charge in [-0.05, 0) is 38.1 Å². The van der Waals surface area contributed by atoms with Gasteiger partial charge in [-0.15, -0.1) is 11.3 Å². The third-order valence-electron chi connectivity index (χ3n) is 2.69. The van der Waals surface area contributed by atoms with Crippen LogP contribution < -0.4 is 10.1 Å². The standard InChI is InChI=1S/C14H15FN2O2S/c1-9-10(2)20-14(16-9)17-13(18)7-8-19-12-5-3-11(15)4-6-12/h3-6H,7-8H2,1-2H3,(H,16,17,18). The Kier molecular flexibility index (Phi) is 4.68. The summed E-state index contributed by atoms with van der Waals surface area (Å²) >= 11 is 1.45.